The van der Waals surface area contributed by atoms with Crippen LogP contribution in [0, 0.1) is 0 Å². The van der Waals surface area contributed by atoms with Crippen molar-refractivity contribution in [1.29, 1.82) is 0 Å². The molecule has 0 radical (unpaired) electrons. The van der Waals surface area contributed by atoms with Gasteiger partial charge in [-0.05, 0) is 44.5 Å². The number of anilines is 1. The number of halogens is 1. The van der Waals surface area contributed by atoms with Crippen molar-refractivity contribution in [2.24, 2.45) is 0 Å². The number of carbonyl (C=O) groups is 1. The van der Waals surface area contributed by atoms with Crippen LogP contribution in [-0.2, 0) is 14.8 Å². The normalized spacial score (nSPS) is 19.5. The van der Waals surface area contributed by atoms with E-state index in [1.807, 2.05) is 0 Å². The smallest absolute Gasteiger partial charge is 0.242 e. The van der Waals surface area contributed by atoms with Crippen molar-refractivity contribution < 1.29 is 13.2 Å². The van der Waals surface area contributed by atoms with E-state index < -0.39 is 10.0 Å². The van der Waals surface area contributed by atoms with Crippen LogP contribution < -0.4 is 5.32 Å². The highest BCUT2D eigenvalue weighted by atomic mass is 35.5. The Bertz CT molecular complexity index is 707. The molecule has 1 atom stereocenters. The quantitative estimate of drug-likeness (QED) is 0.860. The fourth-order valence-corrected chi connectivity index (χ4v) is 3.83. The van der Waals surface area contributed by atoms with Gasteiger partial charge in [0.05, 0.1) is 22.2 Å². The van der Waals surface area contributed by atoms with E-state index in [0.29, 0.717) is 16.8 Å². The van der Waals surface area contributed by atoms with Crippen LogP contribution in [0.15, 0.2) is 23.1 Å². The molecule has 2 rings (SSSR count). The van der Waals surface area contributed by atoms with E-state index in [4.69, 9.17) is 11.6 Å². The molecule has 0 unspecified atom stereocenters. The van der Waals surface area contributed by atoms with Crippen molar-refractivity contribution in [1.82, 2.24) is 9.21 Å². The zero-order valence-electron chi connectivity index (χ0n) is 14.3. The molecule has 1 heterocycles. The Morgan fingerprint density at radius 1 is 1.38 bits per heavy atom. The third-order valence-corrected chi connectivity index (χ3v) is 6.42. The molecule has 0 spiro atoms. The van der Waals surface area contributed by atoms with Crippen molar-refractivity contribution in [3.05, 3.63) is 23.2 Å². The lowest BCUT2D eigenvalue weighted by Gasteiger charge is -2.32. The molecule has 1 fully saturated rings. The minimum absolute atomic E-state index is 0.0959. The van der Waals surface area contributed by atoms with Crippen LogP contribution in [-0.4, -0.2) is 56.8 Å². The molecule has 0 saturated carbocycles. The first-order valence-electron chi connectivity index (χ1n) is 7.98. The molecule has 134 valence electrons. The predicted molar refractivity (Wildman–Crippen MR) is 95.8 cm³/mol. The Morgan fingerprint density at radius 3 is 2.71 bits per heavy atom. The molecule has 1 aliphatic rings. The topological polar surface area (TPSA) is 69.7 Å². The number of piperidine rings is 1. The first-order chi connectivity index (χ1) is 11.2. The Hall–Kier alpha value is -1.15. The lowest BCUT2D eigenvalue weighted by molar-refractivity contribution is -0.118. The summed E-state index contributed by atoms with van der Waals surface area (Å²) in [6.45, 7) is 3.29. The van der Waals surface area contributed by atoms with Gasteiger partial charge >= 0.3 is 0 Å². The average molecular weight is 374 g/mol. The van der Waals surface area contributed by atoms with Gasteiger partial charge in [0.2, 0.25) is 15.9 Å². The van der Waals surface area contributed by atoms with E-state index in [9.17, 15) is 13.2 Å². The number of hydrogen-bond acceptors (Lipinski definition) is 4. The maximum atomic E-state index is 12.3. The van der Waals surface area contributed by atoms with Gasteiger partial charge in [0, 0.05) is 20.1 Å². The highest BCUT2D eigenvalue weighted by Gasteiger charge is 2.22. The van der Waals surface area contributed by atoms with Gasteiger partial charge < -0.3 is 5.32 Å². The maximum Gasteiger partial charge on any atom is 0.242 e. The number of likely N-dealkylation sites (tertiary alicyclic amines) is 1. The van der Waals surface area contributed by atoms with Crippen molar-refractivity contribution in [3.8, 4) is 0 Å². The number of rotatable bonds is 5. The largest absolute Gasteiger partial charge is 0.324 e. The molecule has 0 aromatic heterocycles. The lowest BCUT2D eigenvalue weighted by Crippen LogP contribution is -2.42. The third-order valence-electron chi connectivity index (χ3n) is 4.28. The predicted octanol–water partition coefficient (Wildman–Crippen LogP) is 2.40. The second-order valence-corrected chi connectivity index (χ2v) is 8.85. The highest BCUT2D eigenvalue weighted by Crippen LogP contribution is 2.26. The minimum Gasteiger partial charge on any atom is -0.324 e. The minimum atomic E-state index is -3.57. The van der Waals surface area contributed by atoms with Gasteiger partial charge in [0.25, 0.3) is 0 Å². The molecule has 1 saturated heterocycles. The van der Waals surface area contributed by atoms with E-state index in [1.54, 1.807) is 0 Å². The standard InChI is InChI=1S/C16H24ClN3O3S/c1-12-6-4-5-9-20(12)11-16(21)18-15-10-13(7-8-14(15)17)24(22,23)19(2)3/h7-8,10,12H,4-6,9,11H2,1-3H3,(H,18,21)/t12-/m1/s1. The van der Waals surface area contributed by atoms with Crippen LogP contribution >= 0.6 is 11.6 Å². The van der Waals surface area contributed by atoms with Gasteiger partial charge in [-0.25, -0.2) is 12.7 Å². The summed E-state index contributed by atoms with van der Waals surface area (Å²) in [6, 6.07) is 4.69. The van der Waals surface area contributed by atoms with Gasteiger partial charge in [0.15, 0.2) is 0 Å². The zero-order chi connectivity index (χ0) is 17.9. The molecule has 1 amide bonds. The summed E-state index contributed by atoms with van der Waals surface area (Å²) in [4.78, 5) is 14.5. The lowest BCUT2D eigenvalue weighted by atomic mass is 10.0. The van der Waals surface area contributed by atoms with Crippen molar-refractivity contribution in [2.75, 3.05) is 32.5 Å². The number of benzene rings is 1. The summed E-state index contributed by atoms with van der Waals surface area (Å²) in [6.07, 6.45) is 3.37. The van der Waals surface area contributed by atoms with Crippen LogP contribution in [0.1, 0.15) is 26.2 Å². The van der Waals surface area contributed by atoms with Crippen LogP contribution in [0.5, 0.6) is 0 Å². The van der Waals surface area contributed by atoms with Gasteiger partial charge in [-0.3, -0.25) is 9.69 Å². The van der Waals surface area contributed by atoms with E-state index in [1.165, 1.54) is 38.7 Å². The second kappa shape index (κ2) is 7.82. The molecule has 1 aromatic carbocycles. The first-order valence-corrected chi connectivity index (χ1v) is 9.79. The molecule has 0 aliphatic carbocycles. The van der Waals surface area contributed by atoms with Crippen LogP contribution in [0.2, 0.25) is 5.02 Å². The first kappa shape index (κ1) is 19.2. The van der Waals surface area contributed by atoms with Gasteiger partial charge in [-0.1, -0.05) is 18.0 Å². The Morgan fingerprint density at radius 2 is 2.08 bits per heavy atom. The number of nitrogens with one attached hydrogen (secondary N) is 1. The highest BCUT2D eigenvalue weighted by molar-refractivity contribution is 7.89. The summed E-state index contributed by atoms with van der Waals surface area (Å²) in [5.41, 5.74) is 0.314. The molecule has 0 bridgehead atoms. The SMILES string of the molecule is C[C@@H]1CCCCN1CC(=O)Nc1cc(S(=O)(=O)N(C)C)ccc1Cl. The van der Waals surface area contributed by atoms with E-state index in [-0.39, 0.29) is 17.3 Å². The van der Waals surface area contributed by atoms with E-state index in [0.717, 1.165) is 23.7 Å². The average Bonchev–Trinajstić information content (AvgIpc) is 2.51. The fourth-order valence-electron chi connectivity index (χ4n) is 2.74. The van der Waals surface area contributed by atoms with Crippen LogP contribution in [0.3, 0.4) is 0 Å². The molecular formula is C16H24ClN3O3S. The Labute approximate surface area is 148 Å². The van der Waals surface area contributed by atoms with Gasteiger partial charge in [-0.2, -0.15) is 0 Å². The zero-order valence-corrected chi connectivity index (χ0v) is 15.8. The summed E-state index contributed by atoms with van der Waals surface area (Å²) in [7, 11) is -0.658. The fraction of sp³-hybridized carbons (Fsp3) is 0.562. The van der Waals surface area contributed by atoms with E-state index >= 15 is 0 Å². The maximum absolute atomic E-state index is 12.3. The Kier molecular flexibility index (Phi) is 6.25. The number of sulfonamides is 1. The van der Waals surface area contributed by atoms with Gasteiger partial charge in [-0.15, -0.1) is 0 Å². The summed E-state index contributed by atoms with van der Waals surface area (Å²) >= 11 is 6.10. The molecule has 1 aromatic rings. The molecule has 6 nitrogen and oxygen atoms in total. The van der Waals surface area contributed by atoms with Crippen LogP contribution in [0.25, 0.3) is 0 Å². The summed E-state index contributed by atoms with van der Waals surface area (Å²) in [5, 5.41) is 3.05. The van der Waals surface area contributed by atoms with Crippen molar-refractivity contribution in [2.45, 2.75) is 37.1 Å². The molecule has 8 heteroatoms. The third kappa shape index (κ3) is 4.47. The van der Waals surface area contributed by atoms with Gasteiger partial charge in [0.1, 0.15) is 0 Å². The molecular weight excluding hydrogens is 350 g/mol. The number of carbonyl (C=O) groups excluding carboxylic acids is 1. The monoisotopic (exact) mass is 373 g/mol. The number of hydrogen-bond donors (Lipinski definition) is 1. The van der Waals surface area contributed by atoms with Crippen LogP contribution in [0.4, 0.5) is 5.69 Å². The molecule has 1 aliphatic heterocycles. The Balaban J connectivity index is 2.13. The summed E-state index contributed by atoms with van der Waals surface area (Å²) < 4.78 is 25.5. The number of nitrogens with zero attached hydrogens (tertiary/aromatic N) is 2. The molecule has 1 N–H and O–H groups in total. The second-order valence-electron chi connectivity index (χ2n) is 6.29. The summed E-state index contributed by atoms with van der Waals surface area (Å²) in [5.74, 6) is -0.190. The van der Waals surface area contributed by atoms with E-state index in [2.05, 4.69) is 17.1 Å². The van der Waals surface area contributed by atoms with Crippen molar-refractivity contribution >= 4 is 33.2 Å². The molecule has 24 heavy (non-hydrogen) atoms. The van der Waals surface area contributed by atoms with Crippen molar-refractivity contribution in [3.63, 3.8) is 0 Å². The number of amides is 1.